The molecule has 0 fully saturated rings. The van der Waals surface area contributed by atoms with Crippen LogP contribution in [-0.4, -0.2) is 43.0 Å². The van der Waals surface area contributed by atoms with Crippen molar-refractivity contribution in [1.29, 1.82) is 0 Å². The maximum absolute atomic E-state index is 11.4. The third-order valence-corrected chi connectivity index (χ3v) is 2.50. The van der Waals surface area contributed by atoms with Crippen molar-refractivity contribution in [2.45, 2.75) is 19.8 Å². The number of hydrogen-bond donors (Lipinski definition) is 2. The van der Waals surface area contributed by atoms with E-state index in [2.05, 4.69) is 10.2 Å². The number of amides is 1. The third-order valence-electron chi connectivity index (χ3n) is 2.15. The monoisotopic (exact) mass is 231 g/mol. The quantitative estimate of drug-likeness (QED) is 0.491. The highest BCUT2D eigenvalue weighted by molar-refractivity contribution is 7.80. The summed E-state index contributed by atoms with van der Waals surface area (Å²) >= 11 is 4.74. The Labute approximate surface area is 97.2 Å². The molecule has 1 atom stereocenters. The van der Waals surface area contributed by atoms with Gasteiger partial charge < -0.3 is 16.0 Å². The van der Waals surface area contributed by atoms with E-state index in [1.807, 2.05) is 14.1 Å². The fourth-order valence-corrected chi connectivity index (χ4v) is 1.15. The molecule has 0 aromatic heterocycles. The summed E-state index contributed by atoms with van der Waals surface area (Å²) in [5.41, 5.74) is 5.37. The Hall–Kier alpha value is -0.680. The van der Waals surface area contributed by atoms with Crippen molar-refractivity contribution in [3.8, 4) is 0 Å². The maximum Gasteiger partial charge on any atom is 0.229 e. The molecule has 15 heavy (non-hydrogen) atoms. The number of nitrogens with one attached hydrogen (secondary N) is 1. The Morgan fingerprint density at radius 2 is 2.07 bits per heavy atom. The first-order chi connectivity index (χ1) is 6.95. The Kier molecular flexibility index (Phi) is 7.25. The van der Waals surface area contributed by atoms with Crippen LogP contribution in [0.5, 0.6) is 0 Å². The molecule has 3 N–H and O–H groups in total. The summed E-state index contributed by atoms with van der Waals surface area (Å²) in [5, 5.41) is 2.81. The van der Waals surface area contributed by atoms with Gasteiger partial charge in [-0.1, -0.05) is 12.2 Å². The number of nitrogens with zero attached hydrogens (tertiary/aromatic N) is 1. The number of carbonyl (C=O) groups is 1. The Balaban J connectivity index is 3.51. The van der Waals surface area contributed by atoms with Gasteiger partial charge in [-0.2, -0.15) is 0 Å². The molecule has 5 heteroatoms. The molecule has 0 spiro atoms. The second kappa shape index (κ2) is 7.59. The predicted molar refractivity (Wildman–Crippen MR) is 66.7 cm³/mol. The van der Waals surface area contributed by atoms with Crippen LogP contribution < -0.4 is 11.1 Å². The van der Waals surface area contributed by atoms with Crippen LogP contribution in [0.2, 0.25) is 0 Å². The number of rotatable bonds is 7. The second-order valence-corrected chi connectivity index (χ2v) is 4.40. The standard InChI is InChI=1S/C10H21N3OS/c1-8(9(11)15)10(14)12-6-4-5-7-13(2)3/h8H,4-7H2,1-3H3,(H2,11,15)(H,12,14). The van der Waals surface area contributed by atoms with E-state index < -0.39 is 0 Å². The van der Waals surface area contributed by atoms with Crippen LogP contribution in [0.3, 0.4) is 0 Å². The number of nitrogens with two attached hydrogens (primary N) is 1. The third kappa shape index (κ3) is 7.27. The molecule has 0 saturated carbocycles. The molecule has 0 bridgehead atoms. The van der Waals surface area contributed by atoms with Gasteiger partial charge in [0.1, 0.15) is 0 Å². The molecule has 0 aromatic carbocycles. The second-order valence-electron chi connectivity index (χ2n) is 3.93. The van der Waals surface area contributed by atoms with E-state index in [9.17, 15) is 4.79 Å². The summed E-state index contributed by atoms with van der Waals surface area (Å²) in [5.74, 6) is -0.443. The van der Waals surface area contributed by atoms with Crippen molar-refractivity contribution < 1.29 is 4.79 Å². The highest BCUT2D eigenvalue weighted by atomic mass is 32.1. The minimum atomic E-state index is -0.367. The van der Waals surface area contributed by atoms with Gasteiger partial charge in [0.15, 0.2) is 0 Å². The normalized spacial score (nSPS) is 12.5. The summed E-state index contributed by atoms with van der Waals surface area (Å²) < 4.78 is 0. The molecule has 1 amide bonds. The lowest BCUT2D eigenvalue weighted by Crippen LogP contribution is -2.36. The summed E-state index contributed by atoms with van der Waals surface area (Å²) in [7, 11) is 4.07. The van der Waals surface area contributed by atoms with Gasteiger partial charge in [0.2, 0.25) is 5.91 Å². The van der Waals surface area contributed by atoms with Crippen molar-refractivity contribution >= 4 is 23.1 Å². The molecule has 0 aliphatic carbocycles. The first kappa shape index (κ1) is 14.3. The largest absolute Gasteiger partial charge is 0.393 e. The molecular weight excluding hydrogens is 210 g/mol. The van der Waals surface area contributed by atoms with Gasteiger partial charge in [-0.25, -0.2) is 0 Å². The van der Waals surface area contributed by atoms with Crippen molar-refractivity contribution in [1.82, 2.24) is 10.2 Å². The van der Waals surface area contributed by atoms with Crippen molar-refractivity contribution in [3.05, 3.63) is 0 Å². The lowest BCUT2D eigenvalue weighted by atomic mass is 10.1. The molecule has 0 aliphatic heterocycles. The first-order valence-corrected chi connectivity index (χ1v) is 5.57. The Bertz CT molecular complexity index is 219. The van der Waals surface area contributed by atoms with Crippen molar-refractivity contribution in [3.63, 3.8) is 0 Å². The zero-order valence-corrected chi connectivity index (χ0v) is 10.6. The fourth-order valence-electron chi connectivity index (χ4n) is 1.05. The Morgan fingerprint density at radius 3 is 2.53 bits per heavy atom. The number of unbranched alkanes of at least 4 members (excludes halogenated alkanes) is 1. The summed E-state index contributed by atoms with van der Waals surface area (Å²) in [6, 6.07) is 0. The highest BCUT2D eigenvalue weighted by Gasteiger charge is 2.14. The minimum Gasteiger partial charge on any atom is -0.393 e. The molecule has 0 saturated heterocycles. The van der Waals surface area contributed by atoms with Crippen LogP contribution in [-0.2, 0) is 4.79 Å². The Morgan fingerprint density at radius 1 is 1.47 bits per heavy atom. The molecule has 0 heterocycles. The summed E-state index contributed by atoms with van der Waals surface area (Å²) in [6.07, 6.45) is 2.06. The summed E-state index contributed by atoms with van der Waals surface area (Å²) in [6.45, 7) is 3.46. The highest BCUT2D eigenvalue weighted by Crippen LogP contribution is 1.95. The van der Waals surface area contributed by atoms with Gasteiger partial charge in [0, 0.05) is 6.54 Å². The molecule has 0 radical (unpaired) electrons. The van der Waals surface area contributed by atoms with E-state index in [0.29, 0.717) is 6.54 Å². The molecule has 88 valence electrons. The summed E-state index contributed by atoms with van der Waals surface area (Å²) in [4.78, 5) is 13.8. The van der Waals surface area contributed by atoms with Crippen LogP contribution in [0.15, 0.2) is 0 Å². The smallest absolute Gasteiger partial charge is 0.229 e. The zero-order valence-electron chi connectivity index (χ0n) is 9.75. The number of hydrogen-bond acceptors (Lipinski definition) is 3. The van der Waals surface area contributed by atoms with Crippen LogP contribution in [0.25, 0.3) is 0 Å². The maximum atomic E-state index is 11.4. The van der Waals surface area contributed by atoms with Gasteiger partial charge in [0.25, 0.3) is 0 Å². The van der Waals surface area contributed by atoms with Gasteiger partial charge in [-0.05, 0) is 40.4 Å². The van der Waals surface area contributed by atoms with Gasteiger partial charge in [-0.3, -0.25) is 4.79 Å². The van der Waals surface area contributed by atoms with Gasteiger partial charge in [-0.15, -0.1) is 0 Å². The van der Waals surface area contributed by atoms with Crippen LogP contribution in [0, 0.1) is 5.92 Å². The first-order valence-electron chi connectivity index (χ1n) is 5.17. The number of carbonyl (C=O) groups excluding carboxylic acids is 1. The molecule has 1 unspecified atom stereocenters. The molecule has 0 aliphatic rings. The minimum absolute atomic E-state index is 0.0765. The topological polar surface area (TPSA) is 58.4 Å². The van der Waals surface area contributed by atoms with Gasteiger partial charge in [0.05, 0.1) is 10.9 Å². The predicted octanol–water partition coefficient (Wildman–Crippen LogP) is 0.367. The van der Waals surface area contributed by atoms with Crippen LogP contribution in [0.1, 0.15) is 19.8 Å². The lowest BCUT2D eigenvalue weighted by molar-refractivity contribution is -0.122. The fraction of sp³-hybridized carbons (Fsp3) is 0.800. The number of thiocarbonyl (C=S) groups is 1. The van der Waals surface area contributed by atoms with E-state index in [1.54, 1.807) is 6.92 Å². The van der Waals surface area contributed by atoms with E-state index in [4.69, 9.17) is 18.0 Å². The van der Waals surface area contributed by atoms with Crippen molar-refractivity contribution in [2.24, 2.45) is 11.7 Å². The SMILES string of the molecule is CC(C(=O)NCCCCN(C)C)C(N)=S. The van der Waals surface area contributed by atoms with E-state index in [1.165, 1.54) is 0 Å². The van der Waals surface area contributed by atoms with Crippen molar-refractivity contribution in [2.75, 3.05) is 27.2 Å². The van der Waals surface area contributed by atoms with Gasteiger partial charge >= 0.3 is 0 Å². The van der Waals surface area contributed by atoms with E-state index >= 15 is 0 Å². The molecule has 4 nitrogen and oxygen atoms in total. The van der Waals surface area contributed by atoms with E-state index in [-0.39, 0.29) is 16.8 Å². The molecular formula is C10H21N3OS. The average molecular weight is 231 g/mol. The molecule has 0 rings (SSSR count). The molecule has 0 aromatic rings. The zero-order chi connectivity index (χ0) is 11.8. The van der Waals surface area contributed by atoms with Crippen LogP contribution in [0.4, 0.5) is 0 Å². The average Bonchev–Trinajstić information content (AvgIpc) is 2.15. The van der Waals surface area contributed by atoms with Crippen LogP contribution >= 0.6 is 12.2 Å². The lowest BCUT2D eigenvalue weighted by Gasteiger charge is -2.11. The van der Waals surface area contributed by atoms with E-state index in [0.717, 1.165) is 19.4 Å².